The van der Waals surface area contributed by atoms with Crippen LogP contribution in [-0.2, 0) is 6.30 Å². The van der Waals surface area contributed by atoms with Gasteiger partial charge in [0.25, 0.3) is 0 Å². The molecule has 2 rings (SSSR count). The third-order valence-electron chi connectivity index (χ3n) is 2.25. The number of halogens is 3. The minimum atomic E-state index is -4.76. The van der Waals surface area contributed by atoms with Crippen molar-refractivity contribution < 1.29 is 17.6 Å². The van der Waals surface area contributed by atoms with E-state index in [0.717, 1.165) is 5.56 Å². The summed E-state index contributed by atoms with van der Waals surface area (Å²) in [6, 6.07) is 6.63. The van der Waals surface area contributed by atoms with Crippen molar-refractivity contribution in [3.8, 4) is 11.3 Å². The van der Waals surface area contributed by atoms with Gasteiger partial charge >= 0.3 is 12.1 Å². The summed E-state index contributed by atoms with van der Waals surface area (Å²) in [5, 5.41) is 0. The highest BCUT2D eigenvalue weighted by Gasteiger charge is 2.34. The third kappa shape index (κ3) is 2.25. The zero-order chi connectivity index (χ0) is 12.6. The number of aryl methyl sites for hydroxylation is 1. The first-order valence-corrected chi connectivity index (χ1v) is 4.74. The second kappa shape index (κ2) is 3.80. The zero-order valence-corrected chi connectivity index (χ0v) is 8.78. The Hall–Kier alpha value is -1.98. The van der Waals surface area contributed by atoms with Crippen molar-refractivity contribution in [1.82, 2.24) is 4.57 Å². The fourth-order valence-electron chi connectivity index (χ4n) is 1.37. The van der Waals surface area contributed by atoms with Crippen LogP contribution in [0.15, 0.2) is 39.7 Å². The standard InChI is InChI=1S/C11H8F3NO2/c1-7-2-4-8(5-3-7)9-6-15(10(16)17-9)11(12,13)14/h2-6H,1H3. The van der Waals surface area contributed by atoms with Crippen molar-refractivity contribution in [3.05, 3.63) is 46.6 Å². The molecule has 0 bridgehead atoms. The monoisotopic (exact) mass is 243 g/mol. The van der Waals surface area contributed by atoms with Gasteiger partial charge in [-0.25, -0.2) is 4.79 Å². The van der Waals surface area contributed by atoms with Crippen molar-refractivity contribution in [3.63, 3.8) is 0 Å². The topological polar surface area (TPSA) is 35.1 Å². The lowest BCUT2D eigenvalue weighted by Crippen LogP contribution is -2.26. The van der Waals surface area contributed by atoms with Crippen LogP contribution in [0.4, 0.5) is 13.2 Å². The van der Waals surface area contributed by atoms with Crippen LogP contribution in [0.25, 0.3) is 11.3 Å². The third-order valence-corrected chi connectivity index (χ3v) is 2.25. The minimum Gasteiger partial charge on any atom is -0.408 e. The van der Waals surface area contributed by atoms with Crippen LogP contribution in [-0.4, -0.2) is 4.57 Å². The van der Waals surface area contributed by atoms with E-state index >= 15 is 0 Å². The summed E-state index contributed by atoms with van der Waals surface area (Å²) in [7, 11) is 0. The maximum atomic E-state index is 12.3. The fourth-order valence-corrected chi connectivity index (χ4v) is 1.37. The van der Waals surface area contributed by atoms with Crippen LogP contribution in [0, 0.1) is 6.92 Å². The maximum absolute atomic E-state index is 12.3. The summed E-state index contributed by atoms with van der Waals surface area (Å²) in [5.74, 6) is -1.54. The van der Waals surface area contributed by atoms with Crippen LogP contribution in [0.1, 0.15) is 5.56 Å². The van der Waals surface area contributed by atoms with Gasteiger partial charge < -0.3 is 4.42 Å². The van der Waals surface area contributed by atoms with Crippen molar-refractivity contribution in [2.75, 3.05) is 0 Å². The highest BCUT2D eigenvalue weighted by Crippen LogP contribution is 2.24. The number of alkyl halides is 3. The van der Waals surface area contributed by atoms with Gasteiger partial charge in [-0.15, -0.1) is 13.2 Å². The van der Waals surface area contributed by atoms with Gasteiger partial charge in [-0.3, -0.25) is 0 Å². The van der Waals surface area contributed by atoms with Gasteiger partial charge in [-0.1, -0.05) is 29.8 Å². The highest BCUT2D eigenvalue weighted by molar-refractivity contribution is 5.56. The predicted octanol–water partition coefficient (Wildman–Crippen LogP) is 2.89. The molecule has 0 saturated heterocycles. The van der Waals surface area contributed by atoms with Gasteiger partial charge in [0.2, 0.25) is 0 Å². The molecular weight excluding hydrogens is 235 g/mol. The van der Waals surface area contributed by atoms with Gasteiger partial charge in [0.1, 0.15) is 0 Å². The summed E-state index contributed by atoms with van der Waals surface area (Å²) in [6.07, 6.45) is -4.11. The Bertz CT molecular complexity index is 578. The molecule has 0 saturated carbocycles. The molecule has 2 aromatic rings. The number of hydrogen-bond acceptors (Lipinski definition) is 2. The molecule has 17 heavy (non-hydrogen) atoms. The van der Waals surface area contributed by atoms with E-state index in [1.165, 1.54) is 0 Å². The molecule has 0 atom stereocenters. The Morgan fingerprint density at radius 2 is 1.76 bits per heavy atom. The van der Waals surface area contributed by atoms with Crippen molar-refractivity contribution in [1.29, 1.82) is 0 Å². The molecule has 1 aromatic heterocycles. The molecule has 3 nitrogen and oxygen atoms in total. The Balaban J connectivity index is 2.49. The normalized spacial score (nSPS) is 11.8. The molecule has 1 heterocycles. The molecule has 0 aliphatic heterocycles. The molecule has 0 unspecified atom stereocenters. The Kier molecular flexibility index (Phi) is 2.57. The first-order chi connectivity index (χ1) is 7.88. The fraction of sp³-hybridized carbons (Fsp3) is 0.182. The quantitative estimate of drug-likeness (QED) is 0.771. The van der Waals surface area contributed by atoms with Crippen LogP contribution in [0.5, 0.6) is 0 Å². The zero-order valence-electron chi connectivity index (χ0n) is 8.78. The summed E-state index contributed by atoms with van der Waals surface area (Å²) in [6.45, 7) is 1.85. The number of oxazole rings is 1. The van der Waals surface area contributed by atoms with E-state index in [1.807, 2.05) is 6.92 Å². The number of rotatable bonds is 1. The molecule has 0 amide bonds. The number of nitrogens with zero attached hydrogens (tertiary/aromatic N) is 1. The Morgan fingerprint density at radius 3 is 2.24 bits per heavy atom. The van der Waals surface area contributed by atoms with E-state index in [1.54, 1.807) is 24.3 Å². The van der Waals surface area contributed by atoms with E-state index in [4.69, 9.17) is 0 Å². The molecule has 0 radical (unpaired) electrons. The Labute approximate surface area is 94.1 Å². The lowest BCUT2D eigenvalue weighted by Gasteiger charge is -2.02. The van der Waals surface area contributed by atoms with Crippen molar-refractivity contribution >= 4 is 0 Å². The van der Waals surface area contributed by atoms with Crippen LogP contribution < -0.4 is 5.76 Å². The summed E-state index contributed by atoms with van der Waals surface area (Å²) in [4.78, 5) is 11.0. The van der Waals surface area contributed by atoms with E-state index in [9.17, 15) is 18.0 Å². The molecular formula is C11H8F3NO2. The number of benzene rings is 1. The van der Waals surface area contributed by atoms with Crippen molar-refractivity contribution in [2.45, 2.75) is 13.2 Å². The first-order valence-electron chi connectivity index (χ1n) is 4.74. The largest absolute Gasteiger partial charge is 0.493 e. The van der Waals surface area contributed by atoms with Crippen LogP contribution >= 0.6 is 0 Å². The molecule has 0 spiro atoms. The average Bonchev–Trinajstić information content (AvgIpc) is 2.61. The second-order valence-electron chi connectivity index (χ2n) is 3.57. The average molecular weight is 243 g/mol. The summed E-state index contributed by atoms with van der Waals surface area (Å²) in [5.41, 5.74) is 1.39. The molecule has 0 aliphatic rings. The molecule has 6 heteroatoms. The van der Waals surface area contributed by atoms with Gasteiger partial charge in [-0.05, 0) is 6.92 Å². The molecule has 1 aromatic carbocycles. The van der Waals surface area contributed by atoms with Crippen LogP contribution in [0.2, 0.25) is 0 Å². The summed E-state index contributed by atoms with van der Waals surface area (Å²) >= 11 is 0. The van der Waals surface area contributed by atoms with Gasteiger partial charge in [-0.2, -0.15) is 4.57 Å². The van der Waals surface area contributed by atoms with E-state index in [2.05, 4.69) is 4.42 Å². The summed E-state index contributed by atoms with van der Waals surface area (Å²) < 4.78 is 41.2. The molecule has 0 aliphatic carbocycles. The van der Waals surface area contributed by atoms with Crippen molar-refractivity contribution in [2.24, 2.45) is 0 Å². The molecule has 0 fully saturated rings. The smallest absolute Gasteiger partial charge is 0.408 e. The highest BCUT2D eigenvalue weighted by atomic mass is 19.4. The minimum absolute atomic E-state index is 0.104. The van der Waals surface area contributed by atoms with E-state index in [0.29, 0.717) is 11.8 Å². The van der Waals surface area contributed by atoms with Gasteiger partial charge in [0.05, 0.1) is 6.20 Å². The molecule has 90 valence electrons. The van der Waals surface area contributed by atoms with E-state index < -0.39 is 12.1 Å². The number of hydrogen-bond donors (Lipinski definition) is 0. The maximum Gasteiger partial charge on any atom is 0.493 e. The lowest BCUT2D eigenvalue weighted by atomic mass is 10.1. The number of aromatic nitrogens is 1. The SMILES string of the molecule is Cc1ccc(-c2cn(C(F)(F)F)c(=O)o2)cc1. The Morgan fingerprint density at radius 1 is 1.18 bits per heavy atom. The predicted molar refractivity (Wildman–Crippen MR) is 54.4 cm³/mol. The lowest BCUT2D eigenvalue weighted by molar-refractivity contribution is -0.207. The molecule has 0 N–H and O–H groups in total. The van der Waals surface area contributed by atoms with E-state index in [-0.39, 0.29) is 10.3 Å². The van der Waals surface area contributed by atoms with Crippen LogP contribution in [0.3, 0.4) is 0 Å². The van der Waals surface area contributed by atoms with Gasteiger partial charge in [0, 0.05) is 5.56 Å². The first kappa shape index (κ1) is 11.5. The second-order valence-corrected chi connectivity index (χ2v) is 3.57. The van der Waals surface area contributed by atoms with Gasteiger partial charge in [0.15, 0.2) is 5.76 Å².